The van der Waals surface area contributed by atoms with Crippen LogP contribution in [0.4, 0.5) is 5.69 Å². The van der Waals surface area contributed by atoms with Crippen LogP contribution in [-0.4, -0.2) is 34.1 Å². The van der Waals surface area contributed by atoms with E-state index in [9.17, 15) is 8.42 Å². The number of nitrogens with two attached hydrogens (primary N) is 1. The Kier molecular flexibility index (Phi) is 5.53. The SMILES string of the molecule is NS(=O)(=O)c1ccccc1N1CCNCC1CCC1=CCCc2ccccc21. The number of hydrogen-bond acceptors (Lipinski definition) is 4. The summed E-state index contributed by atoms with van der Waals surface area (Å²) in [5, 5.41) is 8.93. The Morgan fingerprint density at radius 1 is 1.11 bits per heavy atom. The van der Waals surface area contributed by atoms with E-state index < -0.39 is 10.0 Å². The molecule has 2 aromatic rings. The predicted molar refractivity (Wildman–Crippen MR) is 114 cm³/mol. The van der Waals surface area contributed by atoms with E-state index in [0.717, 1.165) is 51.0 Å². The minimum atomic E-state index is -3.76. The van der Waals surface area contributed by atoms with Crippen molar-refractivity contribution in [2.24, 2.45) is 5.14 Å². The highest BCUT2D eigenvalue weighted by atomic mass is 32.2. The zero-order valence-corrected chi connectivity index (χ0v) is 16.8. The number of sulfonamides is 1. The molecule has 1 heterocycles. The topological polar surface area (TPSA) is 75.4 Å². The van der Waals surface area contributed by atoms with Crippen molar-refractivity contribution in [1.82, 2.24) is 5.32 Å². The molecule has 0 saturated carbocycles. The molecule has 6 heteroatoms. The van der Waals surface area contributed by atoms with Gasteiger partial charge in [-0.2, -0.15) is 0 Å². The fourth-order valence-electron chi connectivity index (χ4n) is 4.39. The van der Waals surface area contributed by atoms with Gasteiger partial charge in [0.15, 0.2) is 0 Å². The van der Waals surface area contributed by atoms with Gasteiger partial charge in [0, 0.05) is 25.7 Å². The number of piperazine rings is 1. The summed E-state index contributed by atoms with van der Waals surface area (Å²) in [6.07, 6.45) is 6.51. The number of primary sulfonamides is 1. The molecule has 4 rings (SSSR count). The van der Waals surface area contributed by atoms with Gasteiger partial charge in [-0.3, -0.25) is 0 Å². The largest absolute Gasteiger partial charge is 0.365 e. The van der Waals surface area contributed by atoms with Crippen LogP contribution in [0.15, 0.2) is 59.5 Å². The van der Waals surface area contributed by atoms with E-state index in [1.807, 2.05) is 12.1 Å². The summed E-state index contributed by atoms with van der Waals surface area (Å²) in [5.74, 6) is 0. The number of fused-ring (bicyclic) bond motifs is 1. The van der Waals surface area contributed by atoms with Gasteiger partial charge in [-0.1, -0.05) is 42.5 Å². The normalized spacial score (nSPS) is 19.8. The van der Waals surface area contributed by atoms with Crippen LogP contribution < -0.4 is 15.4 Å². The number of hydrogen-bond donors (Lipinski definition) is 2. The Balaban J connectivity index is 1.56. The smallest absolute Gasteiger partial charge is 0.240 e. The molecule has 0 spiro atoms. The van der Waals surface area contributed by atoms with Gasteiger partial charge in [0.1, 0.15) is 4.90 Å². The summed E-state index contributed by atoms with van der Waals surface area (Å²) >= 11 is 0. The van der Waals surface area contributed by atoms with Gasteiger partial charge in [0.05, 0.1) is 5.69 Å². The minimum Gasteiger partial charge on any atom is -0.365 e. The van der Waals surface area contributed by atoms with Gasteiger partial charge >= 0.3 is 0 Å². The number of para-hydroxylation sites is 1. The second-order valence-electron chi connectivity index (χ2n) is 7.53. The van der Waals surface area contributed by atoms with Crippen molar-refractivity contribution in [3.63, 3.8) is 0 Å². The third-order valence-electron chi connectivity index (χ3n) is 5.75. The lowest BCUT2D eigenvalue weighted by atomic mass is 9.87. The first-order chi connectivity index (χ1) is 13.5. The second kappa shape index (κ2) is 8.07. The van der Waals surface area contributed by atoms with E-state index in [1.54, 1.807) is 12.1 Å². The number of rotatable bonds is 5. The fraction of sp³-hybridized carbons (Fsp3) is 0.364. The van der Waals surface area contributed by atoms with Crippen molar-refractivity contribution < 1.29 is 8.42 Å². The molecule has 1 fully saturated rings. The maximum Gasteiger partial charge on any atom is 0.240 e. The van der Waals surface area contributed by atoms with E-state index >= 15 is 0 Å². The van der Waals surface area contributed by atoms with Gasteiger partial charge in [-0.25, -0.2) is 13.6 Å². The average Bonchev–Trinajstić information content (AvgIpc) is 2.72. The van der Waals surface area contributed by atoms with Gasteiger partial charge < -0.3 is 10.2 Å². The number of nitrogens with one attached hydrogen (secondary N) is 1. The number of benzene rings is 2. The summed E-state index contributed by atoms with van der Waals surface area (Å²) in [5.41, 5.74) is 4.92. The van der Waals surface area contributed by atoms with Gasteiger partial charge in [-0.15, -0.1) is 0 Å². The summed E-state index contributed by atoms with van der Waals surface area (Å²) in [6, 6.07) is 16.0. The van der Waals surface area contributed by atoms with Crippen LogP contribution >= 0.6 is 0 Å². The third kappa shape index (κ3) is 3.99. The number of allylic oxidation sites excluding steroid dienone is 2. The van der Waals surface area contributed by atoms with Gasteiger partial charge in [-0.05, 0) is 54.5 Å². The standard InChI is InChI=1S/C22H27N3O2S/c23-28(26,27)22-11-4-3-10-21(22)25-15-14-24-16-19(25)13-12-18-8-5-7-17-6-1-2-9-20(17)18/h1-4,6,8-11,19,24H,5,7,12-16H2,(H2,23,26,27). The van der Waals surface area contributed by atoms with Crippen molar-refractivity contribution >= 4 is 21.3 Å². The molecule has 2 aromatic carbocycles. The molecular formula is C22H27N3O2S. The summed E-state index contributed by atoms with van der Waals surface area (Å²) in [6.45, 7) is 2.45. The van der Waals surface area contributed by atoms with Crippen LogP contribution in [-0.2, 0) is 16.4 Å². The molecule has 1 saturated heterocycles. The Morgan fingerprint density at radius 2 is 1.89 bits per heavy atom. The maximum absolute atomic E-state index is 12.1. The zero-order chi connectivity index (χ0) is 19.6. The molecule has 1 aliphatic carbocycles. The fourth-order valence-corrected chi connectivity index (χ4v) is 5.14. The van der Waals surface area contributed by atoms with Crippen molar-refractivity contribution in [2.75, 3.05) is 24.5 Å². The molecule has 0 radical (unpaired) electrons. The molecular weight excluding hydrogens is 370 g/mol. The van der Waals surface area contributed by atoms with Crippen LogP contribution in [0.25, 0.3) is 5.57 Å². The average molecular weight is 398 g/mol. The molecule has 148 valence electrons. The number of anilines is 1. The second-order valence-corrected chi connectivity index (χ2v) is 9.06. The molecule has 0 amide bonds. The Hall–Kier alpha value is -2.15. The number of nitrogens with zero attached hydrogens (tertiary/aromatic N) is 1. The minimum absolute atomic E-state index is 0.212. The molecule has 0 aromatic heterocycles. The van der Waals surface area contributed by atoms with Gasteiger partial charge in [0.25, 0.3) is 0 Å². The summed E-state index contributed by atoms with van der Waals surface area (Å²) in [7, 11) is -3.76. The summed E-state index contributed by atoms with van der Waals surface area (Å²) in [4.78, 5) is 2.43. The predicted octanol–water partition coefficient (Wildman–Crippen LogP) is 2.92. The summed E-state index contributed by atoms with van der Waals surface area (Å²) < 4.78 is 24.1. The van der Waals surface area contributed by atoms with Crippen molar-refractivity contribution in [1.29, 1.82) is 0 Å². The first-order valence-electron chi connectivity index (χ1n) is 9.90. The first kappa shape index (κ1) is 19.2. The van der Waals surface area contributed by atoms with E-state index in [4.69, 9.17) is 5.14 Å². The zero-order valence-electron chi connectivity index (χ0n) is 16.0. The highest BCUT2D eigenvalue weighted by Gasteiger charge is 2.27. The van der Waals surface area contributed by atoms with Crippen molar-refractivity contribution in [2.45, 2.75) is 36.6 Å². The van der Waals surface area contributed by atoms with Crippen molar-refractivity contribution in [3.05, 3.63) is 65.7 Å². The Bertz CT molecular complexity index is 985. The quantitative estimate of drug-likeness (QED) is 0.813. The monoisotopic (exact) mass is 397 g/mol. The maximum atomic E-state index is 12.1. The molecule has 1 atom stereocenters. The van der Waals surface area contributed by atoms with Crippen molar-refractivity contribution in [3.8, 4) is 0 Å². The highest BCUT2D eigenvalue weighted by Crippen LogP contribution is 2.32. The highest BCUT2D eigenvalue weighted by molar-refractivity contribution is 7.89. The van der Waals surface area contributed by atoms with Crippen LogP contribution in [0.1, 0.15) is 30.4 Å². The van der Waals surface area contributed by atoms with E-state index in [2.05, 4.69) is 40.6 Å². The van der Waals surface area contributed by atoms with E-state index in [1.165, 1.54) is 16.7 Å². The number of aryl methyl sites for hydroxylation is 1. The lowest BCUT2D eigenvalue weighted by Crippen LogP contribution is -2.51. The Morgan fingerprint density at radius 3 is 2.75 bits per heavy atom. The molecule has 0 bridgehead atoms. The third-order valence-corrected chi connectivity index (χ3v) is 6.70. The van der Waals surface area contributed by atoms with E-state index in [-0.39, 0.29) is 10.9 Å². The molecule has 5 nitrogen and oxygen atoms in total. The Labute approximate surface area is 167 Å². The molecule has 1 aliphatic heterocycles. The van der Waals surface area contributed by atoms with Crippen LogP contribution in [0.2, 0.25) is 0 Å². The van der Waals surface area contributed by atoms with Crippen LogP contribution in [0, 0.1) is 0 Å². The lowest BCUT2D eigenvalue weighted by molar-refractivity contribution is 0.455. The molecule has 2 aliphatic rings. The molecule has 28 heavy (non-hydrogen) atoms. The lowest BCUT2D eigenvalue weighted by Gasteiger charge is -2.39. The molecule has 1 unspecified atom stereocenters. The van der Waals surface area contributed by atoms with E-state index in [0.29, 0.717) is 0 Å². The van der Waals surface area contributed by atoms with Crippen LogP contribution in [0.5, 0.6) is 0 Å². The first-order valence-corrected chi connectivity index (χ1v) is 11.4. The van der Waals surface area contributed by atoms with Gasteiger partial charge in [0.2, 0.25) is 10.0 Å². The van der Waals surface area contributed by atoms with Crippen LogP contribution in [0.3, 0.4) is 0 Å². The molecule has 3 N–H and O–H groups in total.